The minimum atomic E-state index is 0.298. The van der Waals surface area contributed by atoms with Crippen molar-refractivity contribution in [2.75, 3.05) is 19.6 Å². The largest absolute Gasteiger partial charge is 0.303 e. The summed E-state index contributed by atoms with van der Waals surface area (Å²) in [5.74, 6) is 3.74. The Morgan fingerprint density at radius 1 is 1.47 bits per heavy atom. The molecule has 2 aliphatic heterocycles. The van der Waals surface area contributed by atoms with Gasteiger partial charge in [-0.15, -0.1) is 6.42 Å². The minimum Gasteiger partial charge on any atom is -0.303 e. The van der Waals surface area contributed by atoms with Crippen molar-refractivity contribution in [1.29, 1.82) is 0 Å². The normalized spacial score (nSPS) is 36.1. The van der Waals surface area contributed by atoms with Gasteiger partial charge in [0.2, 0.25) is 0 Å². The van der Waals surface area contributed by atoms with Gasteiger partial charge in [0.05, 0.1) is 6.04 Å². The molecule has 1 N–H and O–H groups in total. The molecule has 15 heavy (non-hydrogen) atoms. The fourth-order valence-corrected chi connectivity index (χ4v) is 2.93. The molecular formula is C13H22N2. The van der Waals surface area contributed by atoms with Crippen LogP contribution in [0.4, 0.5) is 0 Å². The third-order valence-corrected chi connectivity index (χ3v) is 3.83. The smallest absolute Gasteiger partial charge is 0.0689 e. The Labute approximate surface area is 93.4 Å². The summed E-state index contributed by atoms with van der Waals surface area (Å²) in [5, 5.41) is 3.67. The number of fused-ring (bicyclic) bond motifs is 2. The lowest BCUT2D eigenvalue weighted by atomic mass is 9.93. The molecule has 2 heterocycles. The van der Waals surface area contributed by atoms with E-state index in [2.05, 4.69) is 23.1 Å². The Morgan fingerprint density at radius 2 is 2.27 bits per heavy atom. The summed E-state index contributed by atoms with van der Waals surface area (Å²) in [6.45, 7) is 6.06. The lowest BCUT2D eigenvalue weighted by Gasteiger charge is -2.32. The molecule has 4 atom stereocenters. The van der Waals surface area contributed by atoms with Crippen molar-refractivity contribution in [3.05, 3.63) is 0 Å². The zero-order chi connectivity index (χ0) is 10.7. The molecule has 0 aromatic carbocycles. The van der Waals surface area contributed by atoms with E-state index in [0.717, 1.165) is 12.3 Å². The average molecular weight is 206 g/mol. The van der Waals surface area contributed by atoms with Crippen molar-refractivity contribution < 1.29 is 0 Å². The second kappa shape index (κ2) is 5.01. The molecule has 0 spiro atoms. The number of hydrogen-bond donors (Lipinski definition) is 1. The van der Waals surface area contributed by atoms with Gasteiger partial charge in [0.1, 0.15) is 0 Å². The molecule has 4 unspecified atom stereocenters. The van der Waals surface area contributed by atoms with Gasteiger partial charge >= 0.3 is 0 Å². The molecule has 0 amide bonds. The van der Waals surface area contributed by atoms with Crippen LogP contribution in [0, 0.1) is 18.3 Å². The van der Waals surface area contributed by atoms with Crippen molar-refractivity contribution in [3.63, 3.8) is 0 Å². The summed E-state index contributed by atoms with van der Waals surface area (Å²) in [6, 6.07) is 0.975. The van der Waals surface area contributed by atoms with Crippen LogP contribution in [0.3, 0.4) is 0 Å². The standard InChI is InChI=1S/C13H22N2/c1-3-5-12(4-2)14-13-7-9-15-8-6-11(13)10-15/h2,11-14H,3,5-10H2,1H3. The first-order chi connectivity index (χ1) is 7.33. The summed E-state index contributed by atoms with van der Waals surface area (Å²) in [5.41, 5.74) is 0. The van der Waals surface area contributed by atoms with Crippen LogP contribution in [0.15, 0.2) is 0 Å². The van der Waals surface area contributed by atoms with Crippen molar-refractivity contribution >= 4 is 0 Å². The Balaban J connectivity index is 1.85. The Morgan fingerprint density at radius 3 is 3.00 bits per heavy atom. The van der Waals surface area contributed by atoms with Crippen LogP contribution in [-0.2, 0) is 0 Å². The quantitative estimate of drug-likeness (QED) is 0.701. The molecule has 0 aromatic rings. The van der Waals surface area contributed by atoms with Crippen LogP contribution in [-0.4, -0.2) is 36.6 Å². The predicted molar refractivity (Wildman–Crippen MR) is 63.6 cm³/mol. The monoisotopic (exact) mass is 206 g/mol. The molecule has 2 fully saturated rings. The van der Waals surface area contributed by atoms with Gasteiger partial charge in [-0.3, -0.25) is 0 Å². The maximum atomic E-state index is 5.55. The van der Waals surface area contributed by atoms with E-state index in [-0.39, 0.29) is 0 Å². The molecule has 2 heteroatoms. The fourth-order valence-electron chi connectivity index (χ4n) is 2.93. The molecule has 0 aliphatic carbocycles. The van der Waals surface area contributed by atoms with E-state index in [0.29, 0.717) is 12.1 Å². The third kappa shape index (κ3) is 2.53. The maximum absolute atomic E-state index is 5.55. The first kappa shape index (κ1) is 11.0. The number of piperidine rings is 1. The Kier molecular flexibility index (Phi) is 3.66. The highest BCUT2D eigenvalue weighted by Crippen LogP contribution is 2.27. The van der Waals surface area contributed by atoms with Crippen LogP contribution in [0.25, 0.3) is 0 Å². The lowest BCUT2D eigenvalue weighted by molar-refractivity contribution is 0.215. The highest BCUT2D eigenvalue weighted by Gasteiger charge is 2.34. The van der Waals surface area contributed by atoms with Gasteiger partial charge in [0.25, 0.3) is 0 Å². The van der Waals surface area contributed by atoms with E-state index in [1.54, 1.807) is 0 Å². The zero-order valence-corrected chi connectivity index (χ0v) is 9.71. The highest BCUT2D eigenvalue weighted by molar-refractivity contribution is 5.02. The number of nitrogens with zero attached hydrogens (tertiary/aromatic N) is 1. The van der Waals surface area contributed by atoms with Gasteiger partial charge in [0.15, 0.2) is 0 Å². The van der Waals surface area contributed by atoms with E-state index in [9.17, 15) is 0 Å². The first-order valence-corrected chi connectivity index (χ1v) is 6.28. The van der Waals surface area contributed by atoms with Crippen LogP contribution in [0.2, 0.25) is 0 Å². The summed E-state index contributed by atoms with van der Waals surface area (Å²) >= 11 is 0. The van der Waals surface area contributed by atoms with Crippen LogP contribution >= 0.6 is 0 Å². The van der Waals surface area contributed by atoms with E-state index in [4.69, 9.17) is 6.42 Å². The molecule has 2 rings (SSSR count). The van der Waals surface area contributed by atoms with Gasteiger partial charge in [-0.1, -0.05) is 19.3 Å². The summed E-state index contributed by atoms with van der Waals surface area (Å²) in [7, 11) is 0. The summed E-state index contributed by atoms with van der Waals surface area (Å²) in [6.07, 6.45) is 10.5. The topological polar surface area (TPSA) is 15.3 Å². The Hall–Kier alpha value is -0.520. The summed E-state index contributed by atoms with van der Waals surface area (Å²) in [4.78, 5) is 2.58. The van der Waals surface area contributed by atoms with Crippen molar-refractivity contribution in [3.8, 4) is 12.3 Å². The van der Waals surface area contributed by atoms with Gasteiger partial charge in [-0.25, -0.2) is 0 Å². The highest BCUT2D eigenvalue weighted by atomic mass is 15.2. The number of rotatable bonds is 4. The predicted octanol–water partition coefficient (Wildman–Crippen LogP) is 1.47. The lowest BCUT2D eigenvalue weighted by Crippen LogP contribution is -2.47. The van der Waals surface area contributed by atoms with Gasteiger partial charge in [0, 0.05) is 12.6 Å². The average Bonchev–Trinajstić information content (AvgIpc) is 2.64. The van der Waals surface area contributed by atoms with Crippen molar-refractivity contribution in [1.82, 2.24) is 10.2 Å². The molecule has 84 valence electrons. The van der Waals surface area contributed by atoms with Crippen LogP contribution in [0.5, 0.6) is 0 Å². The van der Waals surface area contributed by atoms with Crippen LogP contribution < -0.4 is 5.32 Å². The molecule has 0 aromatic heterocycles. The first-order valence-electron chi connectivity index (χ1n) is 6.28. The van der Waals surface area contributed by atoms with Gasteiger partial charge in [-0.05, 0) is 38.3 Å². The molecular weight excluding hydrogens is 184 g/mol. The zero-order valence-electron chi connectivity index (χ0n) is 9.71. The number of terminal acetylenes is 1. The third-order valence-electron chi connectivity index (χ3n) is 3.83. The van der Waals surface area contributed by atoms with Crippen molar-refractivity contribution in [2.45, 2.75) is 44.7 Å². The minimum absolute atomic E-state index is 0.298. The molecule has 2 nitrogen and oxygen atoms in total. The van der Waals surface area contributed by atoms with Gasteiger partial charge in [-0.2, -0.15) is 0 Å². The van der Waals surface area contributed by atoms with Crippen molar-refractivity contribution in [2.24, 2.45) is 5.92 Å². The second-order valence-corrected chi connectivity index (χ2v) is 4.92. The Bertz CT molecular complexity index is 243. The number of hydrogen-bond acceptors (Lipinski definition) is 2. The molecule has 0 saturated carbocycles. The SMILES string of the molecule is C#CC(CCC)NC1CCN2CCC1C2. The van der Waals surface area contributed by atoms with E-state index in [1.165, 1.54) is 38.9 Å². The number of nitrogens with one attached hydrogen (secondary N) is 1. The van der Waals surface area contributed by atoms with Crippen LogP contribution in [0.1, 0.15) is 32.6 Å². The fraction of sp³-hybridized carbons (Fsp3) is 0.846. The van der Waals surface area contributed by atoms with Gasteiger partial charge < -0.3 is 10.2 Å². The van der Waals surface area contributed by atoms with E-state index in [1.807, 2.05) is 0 Å². The molecule has 2 aliphatic rings. The molecule has 0 radical (unpaired) electrons. The van der Waals surface area contributed by atoms with E-state index >= 15 is 0 Å². The molecule has 2 saturated heterocycles. The van der Waals surface area contributed by atoms with E-state index < -0.39 is 0 Å². The maximum Gasteiger partial charge on any atom is 0.0689 e. The summed E-state index contributed by atoms with van der Waals surface area (Å²) < 4.78 is 0. The second-order valence-electron chi connectivity index (χ2n) is 4.92. The molecule has 2 bridgehead atoms.